The van der Waals surface area contributed by atoms with Crippen molar-refractivity contribution in [3.63, 3.8) is 0 Å². The fourth-order valence-corrected chi connectivity index (χ4v) is 2.64. The number of guanidine groups is 1. The first kappa shape index (κ1) is 18.8. The summed E-state index contributed by atoms with van der Waals surface area (Å²) < 4.78 is 5.33. The van der Waals surface area contributed by atoms with Crippen molar-refractivity contribution in [3.8, 4) is 0 Å². The van der Waals surface area contributed by atoms with Crippen molar-refractivity contribution in [2.75, 3.05) is 38.6 Å². The van der Waals surface area contributed by atoms with Crippen LogP contribution in [0.1, 0.15) is 26.7 Å². The molecule has 2 N–H and O–H groups in total. The van der Waals surface area contributed by atoms with E-state index in [1.54, 1.807) is 0 Å². The summed E-state index contributed by atoms with van der Waals surface area (Å²) in [5.74, 6) is 1.94. The van der Waals surface area contributed by atoms with Gasteiger partial charge in [-0.25, -0.2) is 0 Å². The third kappa shape index (κ3) is 9.68. The molecule has 124 valence electrons. The molecular weight excluding hydrogens is 294 g/mol. The zero-order valence-electron chi connectivity index (χ0n) is 13.8. The van der Waals surface area contributed by atoms with Gasteiger partial charge in [0.1, 0.15) is 0 Å². The van der Waals surface area contributed by atoms with E-state index in [0.717, 1.165) is 57.4 Å². The average Bonchev–Trinajstić information content (AvgIpc) is 2.55. The van der Waals surface area contributed by atoms with E-state index in [-0.39, 0.29) is 0 Å². The number of aliphatic imine (C=N–C) groups is 1. The minimum absolute atomic E-state index is 0.798. The van der Waals surface area contributed by atoms with E-state index in [1.807, 2.05) is 24.8 Å². The van der Waals surface area contributed by atoms with Crippen LogP contribution in [0.5, 0.6) is 0 Å². The third-order valence-electron chi connectivity index (χ3n) is 2.92. The van der Waals surface area contributed by atoms with Gasteiger partial charge in [0.2, 0.25) is 0 Å². The molecule has 0 bridgehead atoms. The molecule has 0 spiro atoms. The van der Waals surface area contributed by atoms with Gasteiger partial charge in [0.15, 0.2) is 5.96 Å². The lowest BCUT2D eigenvalue weighted by atomic mass is 10.3. The van der Waals surface area contributed by atoms with Gasteiger partial charge in [-0.2, -0.15) is 0 Å². The van der Waals surface area contributed by atoms with Gasteiger partial charge in [0.25, 0.3) is 0 Å². The van der Waals surface area contributed by atoms with Gasteiger partial charge in [0.05, 0.1) is 0 Å². The van der Waals surface area contributed by atoms with Crippen LogP contribution < -0.4 is 10.6 Å². The normalized spacial score (nSPS) is 11.5. The summed E-state index contributed by atoms with van der Waals surface area (Å²) in [6.45, 7) is 8.38. The van der Waals surface area contributed by atoms with Crippen LogP contribution in [0.2, 0.25) is 0 Å². The Morgan fingerprint density at radius 3 is 2.68 bits per heavy atom. The van der Waals surface area contributed by atoms with E-state index in [9.17, 15) is 0 Å². The molecule has 0 unspecified atom stereocenters. The molecule has 0 aromatic heterocycles. The van der Waals surface area contributed by atoms with Gasteiger partial charge in [0, 0.05) is 43.5 Å². The summed E-state index contributed by atoms with van der Waals surface area (Å²) in [6.07, 6.45) is 2.13. The zero-order valence-corrected chi connectivity index (χ0v) is 14.6. The quantitative estimate of drug-likeness (QED) is 0.284. The molecule has 0 aliphatic rings. The fourth-order valence-electron chi connectivity index (χ4n) is 1.85. The van der Waals surface area contributed by atoms with Crippen LogP contribution in [-0.2, 0) is 4.74 Å². The van der Waals surface area contributed by atoms with E-state index in [1.165, 1.54) is 4.90 Å². The number of nitrogens with zero attached hydrogens (tertiary/aromatic N) is 1. The zero-order chi connectivity index (χ0) is 15.9. The fraction of sp³-hybridized carbons (Fsp3) is 0.588. The van der Waals surface area contributed by atoms with E-state index in [4.69, 9.17) is 4.74 Å². The Morgan fingerprint density at radius 2 is 1.95 bits per heavy atom. The molecule has 0 fully saturated rings. The van der Waals surface area contributed by atoms with Crippen LogP contribution in [0, 0.1) is 0 Å². The summed E-state index contributed by atoms with van der Waals surface area (Å²) in [6, 6.07) is 10.5. The van der Waals surface area contributed by atoms with Crippen LogP contribution in [0.25, 0.3) is 0 Å². The third-order valence-corrected chi connectivity index (χ3v) is 3.94. The van der Waals surface area contributed by atoms with Crippen LogP contribution >= 0.6 is 11.8 Å². The highest BCUT2D eigenvalue weighted by atomic mass is 32.2. The second-order valence-electron chi connectivity index (χ2n) is 4.75. The van der Waals surface area contributed by atoms with Crippen molar-refractivity contribution in [3.05, 3.63) is 30.3 Å². The number of hydrogen-bond donors (Lipinski definition) is 2. The van der Waals surface area contributed by atoms with Crippen LogP contribution in [0.4, 0.5) is 0 Å². The van der Waals surface area contributed by atoms with E-state index < -0.39 is 0 Å². The maximum atomic E-state index is 5.33. The molecule has 1 rings (SSSR count). The molecule has 0 aliphatic heterocycles. The number of hydrogen-bond acceptors (Lipinski definition) is 3. The highest BCUT2D eigenvalue weighted by Crippen LogP contribution is 2.15. The molecule has 0 aliphatic carbocycles. The number of ether oxygens (including phenoxy) is 1. The van der Waals surface area contributed by atoms with Crippen molar-refractivity contribution >= 4 is 17.7 Å². The molecular formula is C17H29N3OS. The van der Waals surface area contributed by atoms with Gasteiger partial charge in [-0.1, -0.05) is 18.2 Å². The molecule has 0 heterocycles. The topological polar surface area (TPSA) is 45.7 Å². The highest BCUT2D eigenvalue weighted by Gasteiger charge is 1.97. The molecule has 0 saturated heterocycles. The Balaban J connectivity index is 2.16. The molecule has 1 aromatic rings. The molecule has 4 nitrogen and oxygen atoms in total. The second-order valence-corrected chi connectivity index (χ2v) is 5.92. The summed E-state index contributed by atoms with van der Waals surface area (Å²) in [5, 5.41) is 6.66. The van der Waals surface area contributed by atoms with E-state index in [0.29, 0.717) is 0 Å². The smallest absolute Gasteiger partial charge is 0.191 e. The maximum absolute atomic E-state index is 5.33. The minimum atomic E-state index is 0.798. The number of benzene rings is 1. The van der Waals surface area contributed by atoms with Crippen molar-refractivity contribution < 1.29 is 4.74 Å². The average molecular weight is 324 g/mol. The molecule has 22 heavy (non-hydrogen) atoms. The Morgan fingerprint density at radius 1 is 1.14 bits per heavy atom. The predicted molar refractivity (Wildman–Crippen MR) is 96.9 cm³/mol. The van der Waals surface area contributed by atoms with Gasteiger partial charge in [-0.15, -0.1) is 11.8 Å². The largest absolute Gasteiger partial charge is 0.382 e. The standard InChI is InChI=1S/C17H29N3OS/c1-3-18-17(19-12-8-9-14-21-4-2)20-13-15-22-16-10-6-5-7-11-16/h5-7,10-11H,3-4,8-9,12-15H2,1-2H3,(H2,18,19,20). The number of thioether (sulfide) groups is 1. The van der Waals surface area contributed by atoms with Crippen LogP contribution in [0.15, 0.2) is 40.2 Å². The lowest BCUT2D eigenvalue weighted by molar-refractivity contribution is 0.144. The van der Waals surface area contributed by atoms with Crippen molar-refractivity contribution in [1.82, 2.24) is 10.6 Å². The second kappa shape index (κ2) is 13.5. The first-order chi connectivity index (χ1) is 10.9. The Kier molecular flexibility index (Phi) is 11.5. The molecule has 0 radical (unpaired) electrons. The van der Waals surface area contributed by atoms with E-state index in [2.05, 4.69) is 46.8 Å². The number of nitrogens with one attached hydrogen (secondary N) is 2. The molecule has 0 atom stereocenters. The predicted octanol–water partition coefficient (Wildman–Crippen LogP) is 3.15. The summed E-state index contributed by atoms with van der Waals surface area (Å²) in [4.78, 5) is 5.89. The number of unbranched alkanes of at least 4 members (excludes halogenated alkanes) is 1. The number of rotatable bonds is 11. The van der Waals surface area contributed by atoms with Gasteiger partial charge in [-0.3, -0.25) is 4.99 Å². The Hall–Kier alpha value is -1.20. The Labute approximate surface area is 139 Å². The first-order valence-electron chi connectivity index (χ1n) is 8.14. The minimum Gasteiger partial charge on any atom is -0.382 e. The van der Waals surface area contributed by atoms with Crippen molar-refractivity contribution in [2.45, 2.75) is 31.6 Å². The van der Waals surface area contributed by atoms with E-state index >= 15 is 0 Å². The van der Waals surface area contributed by atoms with Gasteiger partial charge >= 0.3 is 0 Å². The molecule has 5 heteroatoms. The lowest BCUT2D eigenvalue weighted by Crippen LogP contribution is -2.38. The van der Waals surface area contributed by atoms with Crippen LogP contribution in [-0.4, -0.2) is 44.6 Å². The highest BCUT2D eigenvalue weighted by molar-refractivity contribution is 7.99. The summed E-state index contributed by atoms with van der Waals surface area (Å²) >= 11 is 1.86. The summed E-state index contributed by atoms with van der Waals surface area (Å²) in [7, 11) is 0. The first-order valence-corrected chi connectivity index (χ1v) is 9.13. The maximum Gasteiger partial charge on any atom is 0.191 e. The van der Waals surface area contributed by atoms with Gasteiger partial charge < -0.3 is 15.4 Å². The SMILES string of the molecule is CCNC(=NCCCCOCC)NCCSc1ccccc1. The van der Waals surface area contributed by atoms with Crippen LogP contribution in [0.3, 0.4) is 0 Å². The lowest BCUT2D eigenvalue weighted by Gasteiger charge is -2.11. The molecule has 0 saturated carbocycles. The monoisotopic (exact) mass is 323 g/mol. The summed E-state index contributed by atoms with van der Waals surface area (Å²) in [5.41, 5.74) is 0. The molecule has 0 amide bonds. The van der Waals surface area contributed by atoms with Crippen molar-refractivity contribution in [2.24, 2.45) is 4.99 Å². The Bertz CT molecular complexity index is 398. The van der Waals surface area contributed by atoms with Crippen molar-refractivity contribution in [1.29, 1.82) is 0 Å². The van der Waals surface area contributed by atoms with Gasteiger partial charge in [-0.05, 0) is 38.8 Å². The molecule has 1 aromatic carbocycles.